The molecule has 0 bridgehead atoms. The van der Waals surface area contributed by atoms with Gasteiger partial charge in [-0.05, 0) is 47.6 Å². The number of ketones is 1. The Balaban J connectivity index is 2.36. The number of likely N-dealkylation sites (N-methyl/N-ethyl adjacent to an activating group) is 1. The normalized spacial score (nSPS) is 18.3. The molecule has 2 rings (SSSR count). The number of urea groups is 1. The van der Waals surface area contributed by atoms with Crippen LogP contribution in [0.5, 0.6) is 0 Å². The second kappa shape index (κ2) is 18.8. The number of Topliss-reactive ketones (excluding diaryl/α,β-unsaturated/α-hetero) is 1. The minimum atomic E-state index is -3.95. The summed E-state index contributed by atoms with van der Waals surface area (Å²) in [5.74, 6) is -2.82. The summed E-state index contributed by atoms with van der Waals surface area (Å²) in [6.45, 7) is 20.7. The fourth-order valence-electron chi connectivity index (χ4n) is 6.14. The fraction of sp³-hybridized carbons (Fsp3) is 0.676. The van der Waals surface area contributed by atoms with Crippen LogP contribution in [0.25, 0.3) is 0 Å². The van der Waals surface area contributed by atoms with Crippen molar-refractivity contribution >= 4 is 39.6 Å². The van der Waals surface area contributed by atoms with E-state index in [0.29, 0.717) is 12.8 Å². The summed E-state index contributed by atoms with van der Waals surface area (Å²) in [6, 6.07) is 0.160. The molecule has 1 unspecified atom stereocenters. The van der Waals surface area contributed by atoms with Gasteiger partial charge >= 0.3 is 6.03 Å². The predicted molar refractivity (Wildman–Crippen MR) is 200 cm³/mol. The highest BCUT2D eigenvalue weighted by Gasteiger charge is 2.48. The van der Waals surface area contributed by atoms with E-state index >= 15 is 0 Å². The Kier molecular flexibility index (Phi) is 16.0. The molecule has 5 atom stereocenters. The molecule has 1 aliphatic rings. The molecule has 1 aliphatic heterocycles. The van der Waals surface area contributed by atoms with Gasteiger partial charge in [0.05, 0.1) is 6.04 Å². The maximum Gasteiger partial charge on any atom is 0.315 e. The number of sulfonamides is 1. The van der Waals surface area contributed by atoms with Crippen LogP contribution < -0.4 is 21.3 Å². The quantitative estimate of drug-likeness (QED) is 0.138. The zero-order valence-corrected chi connectivity index (χ0v) is 33.4. The van der Waals surface area contributed by atoms with Crippen molar-refractivity contribution in [1.29, 1.82) is 0 Å². The Morgan fingerprint density at radius 2 is 1.69 bits per heavy atom. The number of pyridine rings is 1. The summed E-state index contributed by atoms with van der Waals surface area (Å²) in [5, 5.41) is 10.9. The first-order valence-electron chi connectivity index (χ1n) is 18.1. The monoisotopic (exact) mass is 747 g/mol. The summed E-state index contributed by atoms with van der Waals surface area (Å²) < 4.78 is 27.6. The molecule has 292 valence electrons. The van der Waals surface area contributed by atoms with Gasteiger partial charge in [0.2, 0.25) is 17.6 Å². The molecule has 1 aromatic rings. The molecule has 1 saturated heterocycles. The van der Waals surface area contributed by atoms with Gasteiger partial charge in [-0.15, -0.1) is 6.58 Å². The van der Waals surface area contributed by atoms with E-state index in [1.54, 1.807) is 32.9 Å². The Bertz CT molecular complexity index is 1520. The number of rotatable bonds is 17. The van der Waals surface area contributed by atoms with E-state index in [0.717, 1.165) is 10.7 Å². The Hall–Kier alpha value is -3.85. The minimum absolute atomic E-state index is 0.00507. The maximum atomic E-state index is 14.4. The van der Waals surface area contributed by atoms with Crippen LogP contribution in [0.2, 0.25) is 0 Å². The third-order valence-electron chi connectivity index (χ3n) is 9.45. The zero-order chi connectivity index (χ0) is 39.6. The first-order valence-corrected chi connectivity index (χ1v) is 19.5. The van der Waals surface area contributed by atoms with Crippen LogP contribution in [0.4, 0.5) is 4.79 Å². The highest BCUT2D eigenvalue weighted by Crippen LogP contribution is 2.33. The van der Waals surface area contributed by atoms with Gasteiger partial charge in [-0.2, -0.15) is 4.31 Å². The minimum Gasteiger partial charge on any atom is -0.346 e. The molecule has 1 aromatic heterocycles. The van der Waals surface area contributed by atoms with Crippen molar-refractivity contribution in [2.75, 3.05) is 26.7 Å². The van der Waals surface area contributed by atoms with Gasteiger partial charge in [0.15, 0.2) is 5.03 Å². The predicted octanol–water partition coefficient (Wildman–Crippen LogP) is 3.25. The van der Waals surface area contributed by atoms with Crippen LogP contribution >= 0.6 is 0 Å². The van der Waals surface area contributed by atoms with E-state index in [-0.39, 0.29) is 42.9 Å². The maximum absolute atomic E-state index is 14.4. The van der Waals surface area contributed by atoms with Crippen molar-refractivity contribution in [2.24, 2.45) is 22.7 Å². The summed E-state index contributed by atoms with van der Waals surface area (Å²) in [5.41, 5.74) is -1.39. The molecule has 0 radical (unpaired) electrons. The van der Waals surface area contributed by atoms with Gasteiger partial charge in [-0.3, -0.25) is 19.2 Å². The van der Waals surface area contributed by atoms with Gasteiger partial charge in [0.25, 0.3) is 15.9 Å². The van der Waals surface area contributed by atoms with Crippen molar-refractivity contribution in [2.45, 2.75) is 117 Å². The number of carbonyl (C=O) groups excluding carboxylic acids is 5. The summed E-state index contributed by atoms with van der Waals surface area (Å²) in [6.07, 6.45) is 4.97. The number of nitrogens with one attached hydrogen (secondary N) is 4. The molecule has 52 heavy (non-hydrogen) atoms. The average molecular weight is 748 g/mol. The summed E-state index contributed by atoms with van der Waals surface area (Å²) in [4.78, 5) is 73.3. The standard InChI is InChI=1S/C37H61N7O7S/c1-12-14-17-26(30(45)33(47)39-20-13-2)40-32(46)29-25(24(3)4)19-22-44(29)34(48)31(37(8,9)10)42-35(49)41-27(36(5,6)7)23-43(11)52(50,51)28-18-15-16-21-38-28/h13,15-16,18,21,24-27,29,31H,2,12,14,17,19-20,22-23H2,1,3-11H3,(H,39,47)(H,40,46)(H2,41,42,49)/t25-,26?,27-,29+,31-/m1/s1. The molecule has 0 aromatic carbocycles. The number of unbranched alkanes of at least 4 members (excludes halogenated alkanes) is 1. The van der Waals surface area contributed by atoms with E-state index in [9.17, 15) is 32.4 Å². The lowest BCUT2D eigenvalue weighted by Gasteiger charge is -2.38. The molecule has 1 fully saturated rings. The second-order valence-corrected chi connectivity index (χ2v) is 18.0. The van der Waals surface area contributed by atoms with Gasteiger partial charge < -0.3 is 26.2 Å². The van der Waals surface area contributed by atoms with Gasteiger partial charge in [0.1, 0.15) is 12.1 Å². The number of nitrogens with zero attached hydrogens (tertiary/aromatic N) is 3. The molecule has 0 spiro atoms. The van der Waals surface area contributed by atoms with Gasteiger partial charge in [-0.1, -0.05) is 87.3 Å². The van der Waals surface area contributed by atoms with E-state index in [2.05, 4.69) is 32.8 Å². The number of carbonyl (C=O) groups is 5. The highest BCUT2D eigenvalue weighted by atomic mass is 32.2. The number of aromatic nitrogens is 1. The molecular formula is C37H61N7O7S. The lowest BCUT2D eigenvalue weighted by atomic mass is 9.84. The average Bonchev–Trinajstić information content (AvgIpc) is 3.52. The number of hydrogen-bond acceptors (Lipinski definition) is 8. The lowest BCUT2D eigenvalue weighted by Crippen LogP contribution is -2.62. The second-order valence-electron chi connectivity index (χ2n) is 16.0. The van der Waals surface area contributed by atoms with E-state index in [4.69, 9.17) is 0 Å². The van der Waals surface area contributed by atoms with Crippen molar-refractivity contribution < 1.29 is 32.4 Å². The Morgan fingerprint density at radius 1 is 1.04 bits per heavy atom. The van der Waals surface area contributed by atoms with Crippen molar-refractivity contribution in [3.8, 4) is 0 Å². The molecule has 2 heterocycles. The van der Waals surface area contributed by atoms with E-state index < -0.39 is 74.6 Å². The largest absolute Gasteiger partial charge is 0.346 e. The molecule has 5 amide bonds. The van der Waals surface area contributed by atoms with E-state index in [1.807, 2.05) is 41.5 Å². The number of likely N-dealkylation sites (tertiary alicyclic amines) is 1. The van der Waals surface area contributed by atoms with Crippen molar-refractivity contribution in [3.63, 3.8) is 0 Å². The number of amides is 5. The fourth-order valence-corrected chi connectivity index (χ4v) is 7.25. The van der Waals surface area contributed by atoms with Gasteiger partial charge in [-0.25, -0.2) is 18.2 Å². The molecule has 0 aliphatic carbocycles. The Morgan fingerprint density at radius 3 is 2.21 bits per heavy atom. The van der Waals surface area contributed by atoms with Crippen LogP contribution in [0.15, 0.2) is 42.1 Å². The van der Waals surface area contributed by atoms with Crippen LogP contribution in [-0.4, -0.2) is 103 Å². The molecule has 0 saturated carbocycles. The third-order valence-corrected chi connectivity index (χ3v) is 11.2. The lowest BCUT2D eigenvalue weighted by molar-refractivity contribution is -0.144. The van der Waals surface area contributed by atoms with Crippen molar-refractivity contribution in [3.05, 3.63) is 37.1 Å². The SMILES string of the molecule is C=CCNC(=O)C(=O)C(CCCC)NC(=O)[C@@H]1[C@@H](C(C)C)CCN1C(=O)[C@@H](NC(=O)N[C@H](CN(C)S(=O)(=O)c1ccccn1)C(C)(C)C)C(C)(C)C. The molecule has 4 N–H and O–H groups in total. The topological polar surface area (TPSA) is 187 Å². The third kappa shape index (κ3) is 11.8. The zero-order valence-electron chi connectivity index (χ0n) is 32.6. The molecule has 15 heteroatoms. The van der Waals surface area contributed by atoms with Crippen LogP contribution in [0.3, 0.4) is 0 Å². The van der Waals surface area contributed by atoms with Crippen molar-refractivity contribution in [1.82, 2.24) is 35.5 Å². The van der Waals surface area contributed by atoms with E-state index in [1.165, 1.54) is 30.3 Å². The molecular weight excluding hydrogens is 687 g/mol. The highest BCUT2D eigenvalue weighted by molar-refractivity contribution is 7.89. The van der Waals surface area contributed by atoms with Crippen LogP contribution in [0, 0.1) is 22.7 Å². The van der Waals surface area contributed by atoms with Crippen LogP contribution in [0.1, 0.15) is 88.0 Å². The molecule has 14 nitrogen and oxygen atoms in total. The summed E-state index contributed by atoms with van der Waals surface area (Å²) >= 11 is 0. The van der Waals surface area contributed by atoms with Crippen LogP contribution in [-0.2, 0) is 29.2 Å². The smallest absolute Gasteiger partial charge is 0.315 e. The first-order chi connectivity index (χ1) is 24.1. The Labute approximate surface area is 310 Å². The number of hydrogen-bond donors (Lipinski definition) is 4. The van der Waals surface area contributed by atoms with Gasteiger partial charge in [0, 0.05) is 38.9 Å². The summed E-state index contributed by atoms with van der Waals surface area (Å²) in [7, 11) is -2.53. The first kappa shape index (κ1) is 44.3.